The summed E-state index contributed by atoms with van der Waals surface area (Å²) in [6.45, 7) is 0. The maximum absolute atomic E-state index is 12.9. The van der Waals surface area contributed by atoms with Crippen LogP contribution in [0.2, 0.25) is 15.1 Å². The van der Waals surface area contributed by atoms with Gasteiger partial charge in [-0.1, -0.05) is 34.8 Å². The van der Waals surface area contributed by atoms with Gasteiger partial charge in [0.05, 0.1) is 16.5 Å². The number of rotatable bonds is 5. The molecule has 32 heavy (non-hydrogen) atoms. The first-order valence-corrected chi connectivity index (χ1v) is 11.2. The number of nitrogens with zero attached hydrogens (tertiary/aromatic N) is 1. The van der Waals surface area contributed by atoms with E-state index in [-0.39, 0.29) is 10.6 Å². The van der Waals surface area contributed by atoms with E-state index < -0.39 is 28.0 Å². The first-order chi connectivity index (χ1) is 15.2. The van der Waals surface area contributed by atoms with Crippen molar-refractivity contribution >= 4 is 81.2 Å². The van der Waals surface area contributed by atoms with Crippen molar-refractivity contribution in [3.63, 3.8) is 0 Å². The van der Waals surface area contributed by atoms with Crippen LogP contribution in [-0.4, -0.2) is 21.1 Å². The van der Waals surface area contributed by atoms with Crippen molar-refractivity contribution in [2.24, 2.45) is 5.92 Å². The van der Waals surface area contributed by atoms with Gasteiger partial charge in [-0.25, -0.2) is 0 Å². The Hall–Kier alpha value is -2.02. The van der Waals surface area contributed by atoms with Gasteiger partial charge in [-0.2, -0.15) is 0 Å². The highest BCUT2D eigenvalue weighted by Gasteiger charge is 2.67. The molecule has 2 unspecified atom stereocenters. The van der Waals surface area contributed by atoms with Crippen molar-refractivity contribution in [1.82, 2.24) is 4.98 Å². The Bertz CT molecular complexity index is 1180. The molecule has 1 aromatic heterocycles. The number of amides is 2. The number of hydrogen-bond acceptors (Lipinski definition) is 3. The van der Waals surface area contributed by atoms with E-state index >= 15 is 0 Å². The highest BCUT2D eigenvalue weighted by molar-refractivity contribution is 6.53. The molecule has 3 aromatic rings. The van der Waals surface area contributed by atoms with Gasteiger partial charge in [-0.3, -0.25) is 14.6 Å². The van der Waals surface area contributed by atoms with Crippen LogP contribution in [0.5, 0.6) is 0 Å². The van der Waals surface area contributed by atoms with Crippen LogP contribution in [0.25, 0.3) is 0 Å². The summed E-state index contributed by atoms with van der Waals surface area (Å²) in [4.78, 5) is 29.4. The molecular formula is C22H14Cl5N3O2. The van der Waals surface area contributed by atoms with Crippen LogP contribution in [0, 0.1) is 5.92 Å². The Balaban J connectivity index is 1.51. The summed E-state index contributed by atoms with van der Waals surface area (Å²) >= 11 is 31.1. The van der Waals surface area contributed by atoms with Crippen LogP contribution in [0.15, 0.2) is 60.9 Å². The summed E-state index contributed by atoms with van der Waals surface area (Å²) in [6, 6.07) is 12.8. The average Bonchev–Trinajstić information content (AvgIpc) is 3.31. The summed E-state index contributed by atoms with van der Waals surface area (Å²) in [7, 11) is 0. The van der Waals surface area contributed by atoms with E-state index in [1.54, 1.807) is 48.8 Å². The minimum atomic E-state index is -1.31. The molecule has 4 rings (SSSR count). The van der Waals surface area contributed by atoms with Crippen LogP contribution >= 0.6 is 58.0 Å². The first-order valence-electron chi connectivity index (χ1n) is 9.32. The fourth-order valence-corrected chi connectivity index (χ4v) is 5.03. The maximum atomic E-state index is 12.9. The van der Waals surface area contributed by atoms with Gasteiger partial charge >= 0.3 is 0 Å². The minimum Gasteiger partial charge on any atom is -0.326 e. The second-order valence-corrected chi connectivity index (χ2v) is 9.93. The second-order valence-electron chi connectivity index (χ2n) is 7.21. The Labute approximate surface area is 209 Å². The van der Waals surface area contributed by atoms with Gasteiger partial charge in [-0.15, -0.1) is 23.2 Å². The lowest BCUT2D eigenvalue weighted by molar-refractivity contribution is -0.117. The summed E-state index contributed by atoms with van der Waals surface area (Å²) in [5, 5.41) is 6.55. The highest BCUT2D eigenvalue weighted by Crippen LogP contribution is 2.65. The number of halogens is 5. The number of carbonyl (C=O) groups is 2. The van der Waals surface area contributed by atoms with E-state index in [0.29, 0.717) is 27.0 Å². The van der Waals surface area contributed by atoms with E-state index in [9.17, 15) is 9.59 Å². The van der Waals surface area contributed by atoms with Crippen LogP contribution in [0.4, 0.5) is 11.4 Å². The Kier molecular flexibility index (Phi) is 6.57. The van der Waals surface area contributed by atoms with E-state index in [2.05, 4.69) is 15.6 Å². The largest absolute Gasteiger partial charge is 0.326 e. The zero-order valence-electron chi connectivity index (χ0n) is 16.1. The molecule has 2 aromatic carbocycles. The molecule has 2 amide bonds. The van der Waals surface area contributed by atoms with Crippen molar-refractivity contribution < 1.29 is 9.59 Å². The number of alkyl halides is 2. The van der Waals surface area contributed by atoms with Gasteiger partial charge in [0.1, 0.15) is 4.33 Å². The number of pyridine rings is 1. The molecular weight excluding hydrogens is 516 g/mol. The number of aromatic nitrogens is 1. The van der Waals surface area contributed by atoms with Gasteiger partial charge in [0, 0.05) is 39.7 Å². The predicted molar refractivity (Wildman–Crippen MR) is 129 cm³/mol. The van der Waals surface area contributed by atoms with Crippen LogP contribution in [-0.2, 0) is 4.79 Å². The molecule has 1 heterocycles. The topological polar surface area (TPSA) is 71.1 Å². The molecule has 0 bridgehead atoms. The lowest BCUT2D eigenvalue weighted by Crippen LogP contribution is -2.18. The number of hydrogen-bond donors (Lipinski definition) is 2. The quantitative estimate of drug-likeness (QED) is 0.356. The molecule has 1 aliphatic rings. The molecule has 0 saturated heterocycles. The summed E-state index contributed by atoms with van der Waals surface area (Å²) in [5.41, 5.74) is 1.79. The average molecular weight is 530 g/mol. The molecule has 0 radical (unpaired) electrons. The van der Waals surface area contributed by atoms with Crippen LogP contribution < -0.4 is 10.6 Å². The van der Waals surface area contributed by atoms with Crippen molar-refractivity contribution in [2.45, 2.75) is 10.3 Å². The SMILES string of the molecule is O=C(Nc1ccncc1)c1cc(NC(=O)C2C(c3cc(Cl)cc(Cl)c3)C2(Cl)Cl)ccc1Cl. The third kappa shape index (κ3) is 4.82. The number of nitrogens with one attached hydrogen (secondary N) is 2. The Morgan fingerprint density at radius 3 is 2.16 bits per heavy atom. The third-order valence-corrected chi connectivity index (χ3v) is 6.70. The standard InChI is InChI=1S/C22H14Cl5N3O2/c23-12-7-11(8-13(24)9-12)18-19(22(18,26)27)21(32)30-15-1-2-17(25)16(10-15)20(31)29-14-3-5-28-6-4-14/h1-10,18-19H,(H,30,32)(H,28,29,31). The summed E-state index contributed by atoms with van der Waals surface area (Å²) in [5.74, 6) is -2.05. The van der Waals surface area contributed by atoms with Gasteiger partial charge in [-0.05, 0) is 54.1 Å². The van der Waals surface area contributed by atoms with Crippen molar-refractivity contribution in [1.29, 1.82) is 0 Å². The van der Waals surface area contributed by atoms with Gasteiger partial charge in [0.25, 0.3) is 5.91 Å². The number of benzene rings is 2. The maximum Gasteiger partial charge on any atom is 0.257 e. The lowest BCUT2D eigenvalue weighted by atomic mass is 10.1. The Morgan fingerprint density at radius 1 is 0.844 bits per heavy atom. The van der Waals surface area contributed by atoms with Gasteiger partial charge < -0.3 is 10.6 Å². The predicted octanol–water partition coefficient (Wildman–Crippen LogP) is 6.82. The molecule has 1 fully saturated rings. The molecule has 0 spiro atoms. The van der Waals surface area contributed by atoms with Gasteiger partial charge in [0.15, 0.2) is 0 Å². The molecule has 1 saturated carbocycles. The minimum absolute atomic E-state index is 0.193. The fourth-order valence-electron chi connectivity index (χ4n) is 3.45. The molecule has 1 aliphatic carbocycles. The molecule has 2 N–H and O–H groups in total. The summed E-state index contributed by atoms with van der Waals surface area (Å²) < 4.78 is -1.31. The molecule has 5 nitrogen and oxygen atoms in total. The zero-order chi connectivity index (χ0) is 23.0. The normalized spacial score (nSPS) is 18.7. The first kappa shape index (κ1) is 23.1. The summed E-state index contributed by atoms with van der Waals surface area (Å²) in [6.07, 6.45) is 3.11. The van der Waals surface area contributed by atoms with Crippen molar-refractivity contribution in [3.8, 4) is 0 Å². The fraction of sp³-hybridized carbons (Fsp3) is 0.136. The third-order valence-electron chi connectivity index (χ3n) is 5.00. The van der Waals surface area contributed by atoms with Crippen LogP contribution in [0.3, 0.4) is 0 Å². The number of anilines is 2. The smallest absolute Gasteiger partial charge is 0.257 e. The van der Waals surface area contributed by atoms with E-state index in [0.717, 1.165) is 0 Å². The monoisotopic (exact) mass is 527 g/mol. The Morgan fingerprint density at radius 2 is 1.50 bits per heavy atom. The van der Waals surface area contributed by atoms with Crippen molar-refractivity contribution in [2.75, 3.05) is 10.6 Å². The second kappa shape index (κ2) is 9.08. The lowest BCUT2D eigenvalue weighted by Gasteiger charge is -2.10. The zero-order valence-corrected chi connectivity index (χ0v) is 19.9. The van der Waals surface area contributed by atoms with Crippen molar-refractivity contribution in [3.05, 3.63) is 87.1 Å². The van der Waals surface area contributed by atoms with E-state index in [1.807, 2.05) is 0 Å². The highest BCUT2D eigenvalue weighted by atomic mass is 35.5. The number of carbonyl (C=O) groups excluding carboxylic acids is 2. The molecule has 164 valence electrons. The molecule has 10 heteroatoms. The van der Waals surface area contributed by atoms with E-state index in [1.165, 1.54) is 12.1 Å². The van der Waals surface area contributed by atoms with E-state index in [4.69, 9.17) is 58.0 Å². The molecule has 2 atom stereocenters. The van der Waals surface area contributed by atoms with Gasteiger partial charge in [0.2, 0.25) is 5.91 Å². The molecule has 0 aliphatic heterocycles. The van der Waals surface area contributed by atoms with Crippen LogP contribution in [0.1, 0.15) is 21.8 Å².